The molecule has 2 rings (SSSR count). The topological polar surface area (TPSA) is 80.0 Å². The van der Waals surface area contributed by atoms with Gasteiger partial charge in [-0.2, -0.15) is 0 Å². The van der Waals surface area contributed by atoms with Gasteiger partial charge in [0.2, 0.25) is 0 Å². The maximum absolute atomic E-state index is 11.9. The lowest BCUT2D eigenvalue weighted by Gasteiger charge is -2.05. The molecule has 0 aromatic carbocycles. The Labute approximate surface area is 104 Å². The molecule has 0 aliphatic heterocycles. The van der Waals surface area contributed by atoms with Crippen molar-refractivity contribution in [3.63, 3.8) is 0 Å². The Balaban J connectivity index is 1.97. The summed E-state index contributed by atoms with van der Waals surface area (Å²) in [6.45, 7) is 3.05. The van der Waals surface area contributed by atoms with E-state index < -0.39 is 0 Å². The van der Waals surface area contributed by atoms with Crippen LogP contribution in [-0.2, 0) is 6.54 Å². The van der Waals surface area contributed by atoms with Crippen LogP contribution in [0.25, 0.3) is 0 Å². The van der Waals surface area contributed by atoms with Gasteiger partial charge in [-0.05, 0) is 19.1 Å². The highest BCUT2D eigenvalue weighted by atomic mass is 16.5. The lowest BCUT2D eigenvalue weighted by atomic mass is 10.2. The van der Waals surface area contributed by atoms with E-state index in [4.69, 9.17) is 4.52 Å². The molecule has 0 atom stereocenters. The van der Waals surface area contributed by atoms with E-state index in [1.807, 2.05) is 6.92 Å². The SMILES string of the molecule is CCNc1cc(C(=O)NCc2ccno2)ccn1. The zero-order chi connectivity index (χ0) is 12.8. The molecule has 6 nitrogen and oxygen atoms in total. The highest BCUT2D eigenvalue weighted by Crippen LogP contribution is 2.06. The first kappa shape index (κ1) is 12.1. The lowest BCUT2D eigenvalue weighted by Crippen LogP contribution is -2.22. The van der Waals surface area contributed by atoms with E-state index in [2.05, 4.69) is 20.8 Å². The van der Waals surface area contributed by atoms with Crippen LogP contribution < -0.4 is 10.6 Å². The third-order valence-electron chi connectivity index (χ3n) is 2.29. The molecule has 0 aliphatic carbocycles. The van der Waals surface area contributed by atoms with Gasteiger partial charge >= 0.3 is 0 Å². The summed E-state index contributed by atoms with van der Waals surface area (Å²) in [5, 5.41) is 9.36. The molecule has 2 N–H and O–H groups in total. The maximum atomic E-state index is 11.9. The molecule has 0 spiro atoms. The number of carbonyl (C=O) groups is 1. The van der Waals surface area contributed by atoms with Crippen LogP contribution in [0.15, 0.2) is 35.1 Å². The Hall–Kier alpha value is -2.37. The van der Waals surface area contributed by atoms with Gasteiger partial charge in [0.15, 0.2) is 5.76 Å². The minimum atomic E-state index is -0.173. The monoisotopic (exact) mass is 246 g/mol. The number of aromatic nitrogens is 2. The Morgan fingerprint density at radius 1 is 1.39 bits per heavy atom. The van der Waals surface area contributed by atoms with Crippen molar-refractivity contribution >= 4 is 11.7 Å². The predicted molar refractivity (Wildman–Crippen MR) is 66.1 cm³/mol. The molecular weight excluding hydrogens is 232 g/mol. The molecule has 2 aromatic heterocycles. The Bertz CT molecular complexity index is 511. The minimum absolute atomic E-state index is 0.173. The molecule has 2 aromatic rings. The van der Waals surface area contributed by atoms with Crippen molar-refractivity contribution in [3.8, 4) is 0 Å². The molecule has 0 aliphatic rings. The number of carbonyl (C=O) groups excluding carboxylic acids is 1. The number of rotatable bonds is 5. The van der Waals surface area contributed by atoms with Crippen LogP contribution in [0.2, 0.25) is 0 Å². The maximum Gasteiger partial charge on any atom is 0.251 e. The summed E-state index contributed by atoms with van der Waals surface area (Å²) >= 11 is 0. The normalized spacial score (nSPS) is 10.1. The van der Waals surface area contributed by atoms with Crippen LogP contribution in [-0.4, -0.2) is 22.6 Å². The number of pyridine rings is 1. The van der Waals surface area contributed by atoms with Crippen molar-refractivity contribution in [1.82, 2.24) is 15.5 Å². The summed E-state index contributed by atoms with van der Waals surface area (Å²) < 4.78 is 4.89. The summed E-state index contributed by atoms with van der Waals surface area (Å²) in [5.41, 5.74) is 0.556. The van der Waals surface area contributed by atoms with Crippen molar-refractivity contribution in [2.45, 2.75) is 13.5 Å². The largest absolute Gasteiger partial charge is 0.370 e. The van der Waals surface area contributed by atoms with E-state index in [0.29, 0.717) is 23.7 Å². The van der Waals surface area contributed by atoms with Crippen molar-refractivity contribution in [2.24, 2.45) is 0 Å². The second-order valence-corrected chi connectivity index (χ2v) is 3.62. The van der Waals surface area contributed by atoms with Crippen LogP contribution in [0.5, 0.6) is 0 Å². The average Bonchev–Trinajstić information content (AvgIpc) is 2.90. The summed E-state index contributed by atoms with van der Waals surface area (Å²) in [4.78, 5) is 16.0. The molecule has 1 amide bonds. The fourth-order valence-corrected chi connectivity index (χ4v) is 1.45. The Morgan fingerprint density at radius 3 is 3.00 bits per heavy atom. The van der Waals surface area contributed by atoms with Gasteiger partial charge in [-0.3, -0.25) is 4.79 Å². The van der Waals surface area contributed by atoms with Crippen LogP contribution in [0, 0.1) is 0 Å². The van der Waals surface area contributed by atoms with Gasteiger partial charge in [0, 0.05) is 24.4 Å². The molecule has 2 heterocycles. The average molecular weight is 246 g/mol. The third-order valence-corrected chi connectivity index (χ3v) is 2.29. The van der Waals surface area contributed by atoms with Crippen molar-refractivity contribution in [3.05, 3.63) is 41.9 Å². The molecule has 0 unspecified atom stereocenters. The zero-order valence-corrected chi connectivity index (χ0v) is 10.0. The van der Waals surface area contributed by atoms with Crippen molar-refractivity contribution in [2.75, 3.05) is 11.9 Å². The number of amides is 1. The van der Waals surface area contributed by atoms with Crippen molar-refractivity contribution < 1.29 is 9.32 Å². The summed E-state index contributed by atoms with van der Waals surface area (Å²) in [5.74, 6) is 1.13. The highest BCUT2D eigenvalue weighted by molar-refractivity contribution is 5.94. The first-order valence-electron chi connectivity index (χ1n) is 5.67. The molecule has 0 saturated carbocycles. The quantitative estimate of drug-likeness (QED) is 0.834. The van der Waals surface area contributed by atoms with E-state index in [1.165, 1.54) is 6.20 Å². The second kappa shape index (κ2) is 5.81. The zero-order valence-electron chi connectivity index (χ0n) is 10.0. The fraction of sp³-hybridized carbons (Fsp3) is 0.250. The standard InChI is InChI=1S/C12H14N4O2/c1-2-13-11-7-9(3-5-14-11)12(17)15-8-10-4-6-16-18-10/h3-7H,2,8H2,1H3,(H,13,14)(H,15,17). The third kappa shape index (κ3) is 3.07. The predicted octanol–water partition coefficient (Wildman–Crippen LogP) is 1.43. The van der Waals surface area contributed by atoms with E-state index in [0.717, 1.165) is 6.54 Å². The number of hydrogen-bond acceptors (Lipinski definition) is 5. The van der Waals surface area contributed by atoms with Gasteiger partial charge in [0.05, 0.1) is 12.7 Å². The smallest absolute Gasteiger partial charge is 0.251 e. The number of nitrogens with zero attached hydrogens (tertiary/aromatic N) is 2. The van der Waals surface area contributed by atoms with Crippen LogP contribution in [0.4, 0.5) is 5.82 Å². The van der Waals surface area contributed by atoms with Crippen LogP contribution >= 0.6 is 0 Å². The molecule has 0 fully saturated rings. The second-order valence-electron chi connectivity index (χ2n) is 3.62. The highest BCUT2D eigenvalue weighted by Gasteiger charge is 2.07. The van der Waals surface area contributed by atoms with E-state index in [1.54, 1.807) is 24.4 Å². The van der Waals surface area contributed by atoms with Gasteiger partial charge in [-0.15, -0.1) is 0 Å². The molecule has 94 valence electrons. The van der Waals surface area contributed by atoms with Gasteiger partial charge in [0.1, 0.15) is 5.82 Å². The molecular formula is C12H14N4O2. The molecule has 6 heteroatoms. The van der Waals surface area contributed by atoms with E-state index in [9.17, 15) is 4.79 Å². The molecule has 0 saturated heterocycles. The van der Waals surface area contributed by atoms with E-state index >= 15 is 0 Å². The van der Waals surface area contributed by atoms with E-state index in [-0.39, 0.29) is 5.91 Å². The number of anilines is 1. The minimum Gasteiger partial charge on any atom is -0.370 e. The lowest BCUT2D eigenvalue weighted by molar-refractivity contribution is 0.0947. The van der Waals surface area contributed by atoms with Gasteiger partial charge in [-0.25, -0.2) is 4.98 Å². The van der Waals surface area contributed by atoms with Crippen LogP contribution in [0.3, 0.4) is 0 Å². The van der Waals surface area contributed by atoms with Crippen molar-refractivity contribution in [1.29, 1.82) is 0 Å². The summed E-state index contributed by atoms with van der Waals surface area (Å²) in [7, 11) is 0. The van der Waals surface area contributed by atoms with Gasteiger partial charge in [-0.1, -0.05) is 5.16 Å². The Kier molecular flexibility index (Phi) is 3.90. The first-order chi connectivity index (χ1) is 8.79. The number of hydrogen-bond donors (Lipinski definition) is 2. The number of nitrogens with one attached hydrogen (secondary N) is 2. The van der Waals surface area contributed by atoms with Crippen LogP contribution in [0.1, 0.15) is 23.0 Å². The summed E-state index contributed by atoms with van der Waals surface area (Å²) in [6.07, 6.45) is 3.14. The molecule has 18 heavy (non-hydrogen) atoms. The molecule has 0 radical (unpaired) electrons. The Morgan fingerprint density at radius 2 is 2.28 bits per heavy atom. The molecule has 0 bridgehead atoms. The first-order valence-corrected chi connectivity index (χ1v) is 5.67. The van der Waals surface area contributed by atoms with Gasteiger partial charge in [0.25, 0.3) is 5.91 Å². The fourth-order valence-electron chi connectivity index (χ4n) is 1.45. The van der Waals surface area contributed by atoms with Gasteiger partial charge < -0.3 is 15.2 Å². The summed E-state index contributed by atoms with van der Waals surface area (Å²) in [6, 6.07) is 5.08.